The van der Waals surface area contributed by atoms with Gasteiger partial charge in [-0.3, -0.25) is 0 Å². The van der Waals surface area contributed by atoms with E-state index >= 15 is 0 Å². The zero-order chi connectivity index (χ0) is 15.2. The van der Waals surface area contributed by atoms with E-state index in [0.29, 0.717) is 12.5 Å². The van der Waals surface area contributed by atoms with Crippen LogP contribution in [0.15, 0.2) is 49.2 Å². The Balaban J connectivity index is 1.66. The van der Waals surface area contributed by atoms with Crippen molar-refractivity contribution in [1.82, 2.24) is 9.97 Å². The van der Waals surface area contributed by atoms with Crippen LogP contribution in [0.4, 0.5) is 23.1 Å². The van der Waals surface area contributed by atoms with Crippen molar-refractivity contribution in [2.75, 3.05) is 35.2 Å². The maximum absolute atomic E-state index is 4.41. The summed E-state index contributed by atoms with van der Waals surface area (Å²) in [6.45, 7) is 6.68. The summed E-state index contributed by atoms with van der Waals surface area (Å²) >= 11 is 0. The summed E-state index contributed by atoms with van der Waals surface area (Å²) in [6, 6.07) is 10.3. The Bertz CT molecular complexity index is 617. The van der Waals surface area contributed by atoms with Crippen LogP contribution in [0, 0.1) is 0 Å². The van der Waals surface area contributed by atoms with Crippen LogP contribution in [0.2, 0.25) is 0 Å². The molecule has 2 heterocycles. The zero-order valence-electron chi connectivity index (χ0n) is 12.6. The highest BCUT2D eigenvalue weighted by atomic mass is 15.2. The van der Waals surface area contributed by atoms with Gasteiger partial charge in [-0.25, -0.2) is 4.98 Å². The lowest BCUT2D eigenvalue weighted by atomic mass is 10.2. The van der Waals surface area contributed by atoms with Gasteiger partial charge in [0.1, 0.15) is 5.82 Å². The molecule has 0 bridgehead atoms. The SMILES string of the molecule is C=CCNc1ccnc(Nc2ccc(N3CCCC3)cc2)n1. The first-order chi connectivity index (χ1) is 10.8. The van der Waals surface area contributed by atoms with Gasteiger partial charge in [0.05, 0.1) is 0 Å². The topological polar surface area (TPSA) is 53.1 Å². The smallest absolute Gasteiger partial charge is 0.229 e. The summed E-state index contributed by atoms with van der Waals surface area (Å²) in [7, 11) is 0. The van der Waals surface area contributed by atoms with Crippen molar-refractivity contribution in [1.29, 1.82) is 0 Å². The summed E-state index contributed by atoms with van der Waals surface area (Å²) in [5.41, 5.74) is 2.27. The molecule has 0 spiro atoms. The highest BCUT2D eigenvalue weighted by molar-refractivity contribution is 5.60. The minimum absolute atomic E-state index is 0.586. The minimum atomic E-state index is 0.586. The molecular formula is C17H21N5. The molecule has 1 aliphatic rings. The maximum atomic E-state index is 4.41. The maximum Gasteiger partial charge on any atom is 0.229 e. The molecule has 0 amide bonds. The van der Waals surface area contributed by atoms with Crippen LogP contribution in [0.1, 0.15) is 12.8 Å². The Labute approximate surface area is 131 Å². The number of benzene rings is 1. The summed E-state index contributed by atoms with van der Waals surface area (Å²) in [4.78, 5) is 11.1. The molecule has 0 atom stereocenters. The molecule has 0 unspecified atom stereocenters. The highest BCUT2D eigenvalue weighted by Gasteiger charge is 2.11. The van der Waals surface area contributed by atoms with E-state index in [1.165, 1.54) is 18.5 Å². The largest absolute Gasteiger partial charge is 0.372 e. The summed E-state index contributed by atoms with van der Waals surface area (Å²) < 4.78 is 0. The van der Waals surface area contributed by atoms with Crippen molar-refractivity contribution in [3.8, 4) is 0 Å². The zero-order valence-corrected chi connectivity index (χ0v) is 12.6. The molecule has 0 saturated carbocycles. The van der Waals surface area contributed by atoms with Gasteiger partial charge in [0.25, 0.3) is 0 Å². The van der Waals surface area contributed by atoms with E-state index in [4.69, 9.17) is 0 Å². The molecule has 1 aromatic heterocycles. The molecule has 1 aliphatic heterocycles. The molecule has 0 aliphatic carbocycles. The van der Waals surface area contributed by atoms with Crippen molar-refractivity contribution in [2.24, 2.45) is 0 Å². The predicted molar refractivity (Wildman–Crippen MR) is 91.9 cm³/mol. The molecule has 5 heteroatoms. The third kappa shape index (κ3) is 3.55. The van der Waals surface area contributed by atoms with Crippen molar-refractivity contribution < 1.29 is 0 Å². The first-order valence-electron chi connectivity index (χ1n) is 7.65. The predicted octanol–water partition coefficient (Wildman–Crippen LogP) is 3.42. The number of hydrogen-bond acceptors (Lipinski definition) is 5. The summed E-state index contributed by atoms with van der Waals surface area (Å²) in [5, 5.41) is 6.38. The van der Waals surface area contributed by atoms with Gasteiger partial charge >= 0.3 is 0 Å². The molecule has 5 nitrogen and oxygen atoms in total. The standard InChI is InChI=1S/C17H21N5/c1-2-10-18-16-9-11-19-17(21-16)20-14-5-7-15(8-6-14)22-12-3-4-13-22/h2,5-9,11H,1,3-4,10,12-13H2,(H2,18,19,20,21). The molecule has 2 N–H and O–H groups in total. The van der Waals surface area contributed by atoms with Gasteiger partial charge in [0.15, 0.2) is 0 Å². The third-order valence-electron chi connectivity index (χ3n) is 3.68. The molecule has 1 aromatic carbocycles. The quantitative estimate of drug-likeness (QED) is 0.800. The Hall–Kier alpha value is -2.56. The number of nitrogens with zero attached hydrogens (tertiary/aromatic N) is 3. The van der Waals surface area contributed by atoms with Crippen molar-refractivity contribution in [3.05, 3.63) is 49.2 Å². The van der Waals surface area contributed by atoms with Crippen molar-refractivity contribution >= 4 is 23.1 Å². The first kappa shape index (κ1) is 14.4. The van der Waals surface area contributed by atoms with E-state index in [2.05, 4.69) is 56.3 Å². The van der Waals surface area contributed by atoms with Crippen molar-refractivity contribution in [3.63, 3.8) is 0 Å². The molecule has 3 rings (SSSR count). The number of rotatable bonds is 6. The van der Waals surface area contributed by atoms with E-state index in [-0.39, 0.29) is 0 Å². The van der Waals surface area contributed by atoms with E-state index in [1.54, 1.807) is 12.3 Å². The normalized spacial score (nSPS) is 13.9. The van der Waals surface area contributed by atoms with Gasteiger partial charge < -0.3 is 15.5 Å². The molecular weight excluding hydrogens is 274 g/mol. The monoisotopic (exact) mass is 295 g/mol. The van der Waals surface area contributed by atoms with Gasteiger partial charge in [0.2, 0.25) is 5.95 Å². The lowest BCUT2D eigenvalue weighted by molar-refractivity contribution is 0.949. The average molecular weight is 295 g/mol. The molecule has 1 saturated heterocycles. The second-order valence-corrected chi connectivity index (χ2v) is 5.30. The van der Waals surface area contributed by atoms with Crippen LogP contribution in [0.5, 0.6) is 0 Å². The van der Waals surface area contributed by atoms with E-state index in [9.17, 15) is 0 Å². The highest BCUT2D eigenvalue weighted by Crippen LogP contribution is 2.23. The Morgan fingerprint density at radius 3 is 2.64 bits per heavy atom. The van der Waals surface area contributed by atoms with Crippen LogP contribution in [0.25, 0.3) is 0 Å². The van der Waals surface area contributed by atoms with Crippen LogP contribution in [-0.4, -0.2) is 29.6 Å². The summed E-state index contributed by atoms with van der Waals surface area (Å²) in [5.74, 6) is 1.37. The molecule has 0 radical (unpaired) electrons. The number of aromatic nitrogens is 2. The van der Waals surface area contributed by atoms with Gasteiger partial charge in [-0.1, -0.05) is 6.08 Å². The number of hydrogen-bond donors (Lipinski definition) is 2. The fraction of sp³-hybridized carbons (Fsp3) is 0.294. The van der Waals surface area contributed by atoms with Crippen LogP contribution >= 0.6 is 0 Å². The first-order valence-corrected chi connectivity index (χ1v) is 7.65. The molecule has 114 valence electrons. The summed E-state index contributed by atoms with van der Waals surface area (Å²) in [6.07, 6.45) is 6.11. The van der Waals surface area contributed by atoms with Gasteiger partial charge in [0, 0.05) is 37.2 Å². The fourth-order valence-electron chi connectivity index (χ4n) is 2.55. The number of nitrogens with one attached hydrogen (secondary N) is 2. The Morgan fingerprint density at radius 1 is 1.14 bits per heavy atom. The van der Waals surface area contributed by atoms with Crippen LogP contribution in [-0.2, 0) is 0 Å². The Morgan fingerprint density at radius 2 is 1.91 bits per heavy atom. The van der Waals surface area contributed by atoms with Crippen LogP contribution in [0.3, 0.4) is 0 Å². The van der Waals surface area contributed by atoms with E-state index in [1.807, 2.05) is 6.07 Å². The average Bonchev–Trinajstić information content (AvgIpc) is 3.08. The fourth-order valence-corrected chi connectivity index (χ4v) is 2.55. The second kappa shape index (κ2) is 6.93. The number of anilines is 4. The lowest BCUT2D eigenvalue weighted by Crippen LogP contribution is -2.17. The molecule has 22 heavy (non-hydrogen) atoms. The van der Waals surface area contributed by atoms with E-state index in [0.717, 1.165) is 24.6 Å². The van der Waals surface area contributed by atoms with E-state index < -0.39 is 0 Å². The molecule has 1 fully saturated rings. The Kier molecular flexibility index (Phi) is 4.53. The van der Waals surface area contributed by atoms with Crippen LogP contribution < -0.4 is 15.5 Å². The minimum Gasteiger partial charge on any atom is -0.372 e. The van der Waals surface area contributed by atoms with Gasteiger partial charge in [-0.15, -0.1) is 6.58 Å². The lowest BCUT2D eigenvalue weighted by Gasteiger charge is -2.17. The third-order valence-corrected chi connectivity index (χ3v) is 3.68. The second-order valence-electron chi connectivity index (χ2n) is 5.30. The van der Waals surface area contributed by atoms with Gasteiger partial charge in [-0.05, 0) is 43.2 Å². The van der Waals surface area contributed by atoms with Crippen molar-refractivity contribution in [2.45, 2.75) is 12.8 Å². The molecule has 2 aromatic rings. The van der Waals surface area contributed by atoms with Gasteiger partial charge in [-0.2, -0.15) is 4.98 Å².